The number of hydrogen-bond acceptors (Lipinski definition) is 3. The molecule has 0 saturated heterocycles. The van der Waals surface area contributed by atoms with Crippen molar-refractivity contribution in [3.05, 3.63) is 0 Å². The number of Topliss-reactive ketones (excluding diaryl/α,β-unsaturated/α-hetero) is 1. The fraction of sp³-hybridized carbons (Fsp3) is 0.926. The molecule has 0 aromatic heterocycles. The summed E-state index contributed by atoms with van der Waals surface area (Å²) in [6, 6.07) is 0. The largest absolute Gasteiger partial charge is 0.465 e. The Bertz CT molecular complexity index is 554. The number of hydrogen-bond donors (Lipinski definition) is 0. The highest BCUT2D eigenvalue weighted by Gasteiger charge is 2.47. The first-order valence-electron chi connectivity index (χ1n) is 13.2. The summed E-state index contributed by atoms with van der Waals surface area (Å²) < 4.78 is 5.42. The van der Waals surface area contributed by atoms with Gasteiger partial charge < -0.3 is 4.74 Å². The molecule has 0 amide bonds. The second-order valence-corrected chi connectivity index (χ2v) is 11.0. The average molecular weight is 419 g/mol. The van der Waals surface area contributed by atoms with Crippen LogP contribution in [0.2, 0.25) is 0 Å². The molecule has 0 aromatic rings. The van der Waals surface area contributed by atoms with Gasteiger partial charge in [-0.1, -0.05) is 46.0 Å². The number of ether oxygens (including phenoxy) is 1. The van der Waals surface area contributed by atoms with Crippen molar-refractivity contribution in [2.75, 3.05) is 6.61 Å². The van der Waals surface area contributed by atoms with Gasteiger partial charge in [-0.25, -0.2) is 0 Å². The topological polar surface area (TPSA) is 43.4 Å². The van der Waals surface area contributed by atoms with E-state index in [1.54, 1.807) is 0 Å². The summed E-state index contributed by atoms with van der Waals surface area (Å²) in [4.78, 5) is 25.5. The van der Waals surface area contributed by atoms with E-state index in [-0.39, 0.29) is 11.8 Å². The van der Waals surface area contributed by atoms with Crippen LogP contribution >= 0.6 is 0 Å². The fourth-order valence-electron chi connectivity index (χ4n) is 6.71. The molecule has 0 aromatic carbocycles. The molecule has 0 unspecified atom stereocenters. The third kappa shape index (κ3) is 5.68. The lowest BCUT2D eigenvalue weighted by molar-refractivity contribution is -0.162. The first-order chi connectivity index (χ1) is 14.5. The van der Waals surface area contributed by atoms with Crippen molar-refractivity contribution in [3.8, 4) is 0 Å². The van der Waals surface area contributed by atoms with Crippen molar-refractivity contribution < 1.29 is 14.3 Å². The van der Waals surface area contributed by atoms with Gasteiger partial charge in [-0.05, 0) is 94.3 Å². The number of unbranched alkanes of at least 4 members (excludes halogenated alkanes) is 1. The first kappa shape index (κ1) is 23.8. The third-order valence-corrected chi connectivity index (χ3v) is 9.00. The zero-order valence-electron chi connectivity index (χ0n) is 19.9. The summed E-state index contributed by atoms with van der Waals surface area (Å²) in [6.07, 6.45) is 18.1. The summed E-state index contributed by atoms with van der Waals surface area (Å²) >= 11 is 0. The zero-order valence-corrected chi connectivity index (χ0v) is 19.9. The molecule has 172 valence electrons. The number of esters is 1. The standard InChI is InChI=1S/C27H46O3/c1-4-6-18-30-26(29)27(3)17-16-24(19-25(27)28)23-14-12-22(13-15-23)21-10-8-20(7-5-2)9-11-21/h20-24H,4-19H2,1-3H3/t20-,21-,22?,23?,24-,27+/m1/s1. The van der Waals surface area contributed by atoms with Gasteiger partial charge >= 0.3 is 5.97 Å². The Morgan fingerprint density at radius 2 is 1.43 bits per heavy atom. The average Bonchev–Trinajstić information content (AvgIpc) is 2.77. The minimum absolute atomic E-state index is 0.136. The minimum atomic E-state index is -0.890. The molecule has 0 spiro atoms. The van der Waals surface area contributed by atoms with E-state index in [0.29, 0.717) is 31.3 Å². The number of ketones is 1. The van der Waals surface area contributed by atoms with E-state index in [4.69, 9.17) is 4.74 Å². The normalized spacial score (nSPS) is 37.7. The van der Waals surface area contributed by atoms with Crippen LogP contribution in [0.3, 0.4) is 0 Å². The minimum Gasteiger partial charge on any atom is -0.465 e. The molecule has 30 heavy (non-hydrogen) atoms. The Morgan fingerprint density at radius 3 is 1.97 bits per heavy atom. The molecule has 3 fully saturated rings. The fourth-order valence-corrected chi connectivity index (χ4v) is 6.71. The van der Waals surface area contributed by atoms with Gasteiger partial charge in [0.15, 0.2) is 0 Å². The molecular formula is C27H46O3. The smallest absolute Gasteiger partial charge is 0.319 e. The lowest BCUT2D eigenvalue weighted by Gasteiger charge is -2.42. The monoisotopic (exact) mass is 418 g/mol. The maximum atomic E-state index is 12.9. The van der Waals surface area contributed by atoms with Crippen LogP contribution in [0.15, 0.2) is 0 Å². The molecule has 3 nitrogen and oxygen atoms in total. The Balaban J connectivity index is 1.43. The molecular weight excluding hydrogens is 372 g/mol. The predicted octanol–water partition coefficient (Wildman–Crippen LogP) is 7.12. The summed E-state index contributed by atoms with van der Waals surface area (Å²) in [5, 5.41) is 0. The highest BCUT2D eigenvalue weighted by molar-refractivity contribution is 6.04. The summed E-state index contributed by atoms with van der Waals surface area (Å²) in [7, 11) is 0. The van der Waals surface area contributed by atoms with E-state index >= 15 is 0 Å². The van der Waals surface area contributed by atoms with Crippen LogP contribution in [-0.4, -0.2) is 18.4 Å². The van der Waals surface area contributed by atoms with E-state index in [2.05, 4.69) is 13.8 Å². The van der Waals surface area contributed by atoms with Crippen molar-refractivity contribution in [1.82, 2.24) is 0 Å². The number of carbonyl (C=O) groups is 2. The van der Waals surface area contributed by atoms with Crippen LogP contribution in [-0.2, 0) is 14.3 Å². The molecule has 0 aliphatic heterocycles. The number of rotatable bonds is 8. The quantitative estimate of drug-likeness (QED) is 0.239. The van der Waals surface area contributed by atoms with Crippen molar-refractivity contribution in [1.29, 1.82) is 0 Å². The lowest BCUT2D eigenvalue weighted by Crippen LogP contribution is -2.44. The Kier molecular flexibility index (Phi) is 8.83. The van der Waals surface area contributed by atoms with Crippen LogP contribution < -0.4 is 0 Å². The van der Waals surface area contributed by atoms with Crippen molar-refractivity contribution in [2.45, 2.75) is 117 Å². The summed E-state index contributed by atoms with van der Waals surface area (Å²) in [5.74, 6) is 3.95. The van der Waals surface area contributed by atoms with Gasteiger partial charge in [0.1, 0.15) is 11.2 Å². The molecule has 3 aliphatic rings. The third-order valence-electron chi connectivity index (χ3n) is 9.00. The van der Waals surface area contributed by atoms with Gasteiger partial charge in [-0.2, -0.15) is 0 Å². The molecule has 3 heteroatoms. The van der Waals surface area contributed by atoms with Gasteiger partial charge in [0, 0.05) is 6.42 Å². The van der Waals surface area contributed by atoms with Crippen molar-refractivity contribution in [2.24, 2.45) is 35.0 Å². The maximum absolute atomic E-state index is 12.9. The van der Waals surface area contributed by atoms with Crippen LogP contribution in [0.4, 0.5) is 0 Å². The second kappa shape index (κ2) is 11.1. The summed E-state index contributed by atoms with van der Waals surface area (Å²) in [5.41, 5.74) is -0.890. The van der Waals surface area contributed by atoms with Crippen LogP contribution in [0.5, 0.6) is 0 Å². The van der Waals surface area contributed by atoms with Gasteiger partial charge in [0.2, 0.25) is 0 Å². The van der Waals surface area contributed by atoms with E-state index in [1.165, 1.54) is 64.2 Å². The Labute approximate surface area is 185 Å². The van der Waals surface area contributed by atoms with Gasteiger partial charge in [-0.3, -0.25) is 9.59 Å². The predicted molar refractivity (Wildman–Crippen MR) is 122 cm³/mol. The molecule has 3 rings (SSSR count). The molecule has 3 aliphatic carbocycles. The Hall–Kier alpha value is -0.860. The van der Waals surface area contributed by atoms with Crippen LogP contribution in [0.25, 0.3) is 0 Å². The maximum Gasteiger partial charge on any atom is 0.319 e. The van der Waals surface area contributed by atoms with Crippen LogP contribution in [0, 0.1) is 35.0 Å². The van der Waals surface area contributed by atoms with Crippen molar-refractivity contribution >= 4 is 11.8 Å². The van der Waals surface area contributed by atoms with Gasteiger partial charge in [0.05, 0.1) is 6.61 Å². The van der Waals surface area contributed by atoms with Crippen molar-refractivity contribution in [3.63, 3.8) is 0 Å². The zero-order chi connectivity index (χ0) is 21.6. The van der Waals surface area contributed by atoms with Gasteiger partial charge in [-0.15, -0.1) is 0 Å². The first-order valence-corrected chi connectivity index (χ1v) is 13.2. The summed E-state index contributed by atoms with van der Waals surface area (Å²) in [6.45, 7) is 6.68. The highest BCUT2D eigenvalue weighted by Crippen LogP contribution is 2.47. The molecule has 3 saturated carbocycles. The molecule has 0 bridgehead atoms. The highest BCUT2D eigenvalue weighted by atomic mass is 16.5. The van der Waals surface area contributed by atoms with Gasteiger partial charge in [0.25, 0.3) is 0 Å². The molecule has 2 atom stereocenters. The van der Waals surface area contributed by atoms with E-state index in [0.717, 1.165) is 37.0 Å². The lowest BCUT2D eigenvalue weighted by atomic mass is 9.62. The van der Waals surface area contributed by atoms with Crippen LogP contribution in [0.1, 0.15) is 117 Å². The van der Waals surface area contributed by atoms with E-state index < -0.39 is 5.41 Å². The second-order valence-electron chi connectivity index (χ2n) is 11.0. The number of carbonyl (C=O) groups excluding carboxylic acids is 2. The molecule has 0 radical (unpaired) electrons. The SMILES string of the molecule is CCCCOC(=O)[C@@]1(C)CC[C@@H](C2CCC([C@H]3CC[C@H](CCC)CC3)CC2)CC1=O. The molecule has 0 N–H and O–H groups in total. The van der Waals surface area contributed by atoms with E-state index in [1.807, 2.05) is 6.92 Å². The van der Waals surface area contributed by atoms with E-state index in [9.17, 15) is 9.59 Å². The Morgan fingerprint density at radius 1 is 0.867 bits per heavy atom. The molecule has 0 heterocycles.